The average Bonchev–Trinajstić information content (AvgIpc) is 3.61. The van der Waals surface area contributed by atoms with Gasteiger partial charge in [-0.1, -0.05) is 11.9 Å². The van der Waals surface area contributed by atoms with Crippen molar-refractivity contribution in [2.24, 2.45) is 0 Å². The van der Waals surface area contributed by atoms with Gasteiger partial charge in [0.1, 0.15) is 17.2 Å². The number of hydrogen-bond acceptors (Lipinski definition) is 9. The van der Waals surface area contributed by atoms with E-state index in [9.17, 15) is 9.18 Å². The molecule has 0 spiro atoms. The van der Waals surface area contributed by atoms with E-state index >= 15 is 0 Å². The third kappa shape index (κ3) is 4.63. The summed E-state index contributed by atoms with van der Waals surface area (Å²) in [6.07, 6.45) is 5.30. The number of carbonyl (C=O) groups is 1. The zero-order valence-electron chi connectivity index (χ0n) is 22.6. The lowest BCUT2D eigenvalue weighted by Crippen LogP contribution is -2.18. The van der Waals surface area contributed by atoms with Gasteiger partial charge < -0.3 is 23.2 Å². The Morgan fingerprint density at radius 3 is 2.54 bits per heavy atom. The van der Waals surface area contributed by atoms with Gasteiger partial charge in [-0.2, -0.15) is 4.98 Å². The van der Waals surface area contributed by atoms with Crippen molar-refractivity contribution in [3.8, 4) is 39.8 Å². The van der Waals surface area contributed by atoms with Crippen LogP contribution < -0.4 is 14.4 Å². The number of pyridine rings is 2. The quantitative estimate of drug-likeness (QED) is 0.213. The fourth-order valence-corrected chi connectivity index (χ4v) is 5.02. The number of amides is 1. The van der Waals surface area contributed by atoms with Crippen LogP contribution in [0.4, 0.5) is 10.1 Å². The number of oxazole rings is 1. The van der Waals surface area contributed by atoms with E-state index in [-0.39, 0.29) is 11.7 Å². The number of carbonyl (C=O) groups excluding carboxylic acids is 1. The van der Waals surface area contributed by atoms with Gasteiger partial charge in [-0.3, -0.25) is 4.79 Å². The number of anilines is 1. The summed E-state index contributed by atoms with van der Waals surface area (Å²) in [5.41, 5.74) is 5.35. The van der Waals surface area contributed by atoms with Gasteiger partial charge in [-0.25, -0.2) is 14.4 Å². The highest BCUT2D eigenvalue weighted by molar-refractivity contribution is 7.99. The molecule has 0 fully saturated rings. The Bertz CT molecular complexity index is 1890. The second-order valence-electron chi connectivity index (χ2n) is 9.06. The number of ether oxygens (including phenoxy) is 1. The predicted molar refractivity (Wildman–Crippen MR) is 157 cm³/mol. The molecule has 4 heterocycles. The molecular weight excluding hydrogens is 545 g/mol. The van der Waals surface area contributed by atoms with Crippen molar-refractivity contribution in [3.63, 3.8) is 0 Å². The van der Waals surface area contributed by atoms with Crippen LogP contribution in [-0.2, 0) is 0 Å². The van der Waals surface area contributed by atoms with Gasteiger partial charge in [-0.05, 0) is 48.5 Å². The van der Waals surface area contributed by atoms with Crippen molar-refractivity contribution >= 4 is 45.7 Å². The van der Waals surface area contributed by atoms with Crippen LogP contribution >= 0.6 is 11.9 Å². The highest BCUT2D eigenvalue weighted by Crippen LogP contribution is 2.43. The summed E-state index contributed by atoms with van der Waals surface area (Å²) in [6.45, 7) is 0. The summed E-state index contributed by atoms with van der Waals surface area (Å²) in [4.78, 5) is 26.5. The Morgan fingerprint density at radius 2 is 1.83 bits per heavy atom. The normalized spacial score (nSPS) is 11.2. The van der Waals surface area contributed by atoms with Gasteiger partial charge in [0.2, 0.25) is 11.8 Å². The van der Waals surface area contributed by atoms with E-state index in [1.807, 2.05) is 35.8 Å². The Hall–Kier alpha value is -4.90. The average molecular weight is 570 g/mol. The topological polar surface area (TPSA) is 107 Å². The largest absolute Gasteiger partial charge is 0.480 e. The molecule has 0 aliphatic rings. The molecule has 11 heteroatoms. The number of methoxy groups -OCH3 is 1. The van der Waals surface area contributed by atoms with Crippen molar-refractivity contribution < 1.29 is 22.8 Å². The van der Waals surface area contributed by atoms with Crippen LogP contribution in [0.1, 0.15) is 10.4 Å². The Labute approximate surface area is 238 Å². The van der Waals surface area contributed by atoms with Crippen molar-refractivity contribution in [3.05, 3.63) is 78.4 Å². The van der Waals surface area contributed by atoms with Crippen molar-refractivity contribution in [2.75, 3.05) is 31.8 Å². The minimum absolute atomic E-state index is 0.318. The van der Waals surface area contributed by atoms with Crippen LogP contribution in [0.2, 0.25) is 0 Å². The molecule has 0 bridgehead atoms. The molecule has 9 nitrogen and oxygen atoms in total. The molecule has 6 aromatic rings. The number of nitrogens with zero attached hydrogens (tertiary/aromatic N) is 4. The highest BCUT2D eigenvalue weighted by Gasteiger charge is 2.25. The van der Waals surface area contributed by atoms with Crippen molar-refractivity contribution in [1.82, 2.24) is 20.3 Å². The molecule has 0 aliphatic carbocycles. The lowest BCUT2D eigenvalue weighted by Gasteiger charge is -2.20. The van der Waals surface area contributed by atoms with Crippen LogP contribution in [-0.4, -0.2) is 48.3 Å². The number of furan rings is 1. The summed E-state index contributed by atoms with van der Waals surface area (Å²) < 4.78 is 33.4. The molecule has 1 amide bonds. The van der Waals surface area contributed by atoms with Gasteiger partial charge in [-0.15, -0.1) is 0 Å². The monoisotopic (exact) mass is 569 g/mol. The number of rotatable bonds is 7. The standard InChI is InChI=1S/C30H24FN5O4S/c1-32-28(37)25-20-13-19(22(36(2)41-4)14-24(20)39-26(25)16-7-9-18(31)10-8-16)17-12-21(29(38-3)34-15-17)30-35-27-23(40-30)6-5-11-33-27/h5-15H,1-4H3,(H,32,37). The number of halogens is 1. The van der Waals surface area contributed by atoms with Crippen LogP contribution in [0.15, 0.2) is 75.8 Å². The number of hydrogen-bond donors (Lipinski definition) is 1. The summed E-state index contributed by atoms with van der Waals surface area (Å²) in [7, 11) is 5.02. The first kappa shape index (κ1) is 26.3. The molecule has 0 atom stereocenters. The molecular formula is C30H24FN5O4S. The zero-order valence-corrected chi connectivity index (χ0v) is 23.4. The number of fused-ring (bicyclic) bond motifs is 2. The van der Waals surface area contributed by atoms with Gasteiger partial charge in [0.25, 0.3) is 5.91 Å². The molecule has 41 heavy (non-hydrogen) atoms. The fraction of sp³-hybridized carbons (Fsp3) is 0.133. The molecule has 0 aliphatic heterocycles. The molecule has 0 saturated heterocycles. The van der Waals surface area contributed by atoms with Gasteiger partial charge in [0, 0.05) is 60.9 Å². The smallest absolute Gasteiger partial charge is 0.255 e. The van der Waals surface area contributed by atoms with E-state index in [0.717, 1.165) is 16.8 Å². The first-order chi connectivity index (χ1) is 19.9. The van der Waals surface area contributed by atoms with E-state index in [0.29, 0.717) is 56.4 Å². The van der Waals surface area contributed by atoms with E-state index in [4.69, 9.17) is 13.6 Å². The molecule has 206 valence electrons. The fourth-order valence-electron chi connectivity index (χ4n) is 4.68. The first-order valence-electron chi connectivity index (χ1n) is 12.5. The second kappa shape index (κ2) is 10.6. The Kier molecular flexibility index (Phi) is 6.80. The lowest BCUT2D eigenvalue weighted by atomic mass is 9.98. The number of nitrogens with one attached hydrogen (secondary N) is 1. The van der Waals surface area contributed by atoms with Gasteiger partial charge >= 0.3 is 0 Å². The van der Waals surface area contributed by atoms with E-state index in [1.165, 1.54) is 31.2 Å². The lowest BCUT2D eigenvalue weighted by molar-refractivity contribution is 0.0964. The first-order valence-corrected chi connectivity index (χ1v) is 13.7. The Morgan fingerprint density at radius 1 is 1.02 bits per heavy atom. The van der Waals surface area contributed by atoms with Gasteiger partial charge in [0.05, 0.1) is 23.9 Å². The van der Waals surface area contributed by atoms with Crippen LogP contribution in [0.25, 0.3) is 56.1 Å². The maximum Gasteiger partial charge on any atom is 0.255 e. The van der Waals surface area contributed by atoms with E-state index < -0.39 is 0 Å². The minimum atomic E-state index is -0.380. The summed E-state index contributed by atoms with van der Waals surface area (Å²) in [5.74, 6) is 0.303. The molecule has 0 radical (unpaired) electrons. The maximum absolute atomic E-state index is 13.7. The summed E-state index contributed by atoms with van der Waals surface area (Å²) in [6, 6.07) is 15.1. The predicted octanol–water partition coefficient (Wildman–Crippen LogP) is 6.59. The van der Waals surface area contributed by atoms with Crippen molar-refractivity contribution in [2.45, 2.75) is 0 Å². The van der Waals surface area contributed by atoms with Crippen molar-refractivity contribution in [1.29, 1.82) is 0 Å². The second-order valence-corrected chi connectivity index (χ2v) is 9.98. The zero-order chi connectivity index (χ0) is 28.7. The van der Waals surface area contributed by atoms with E-state index in [1.54, 1.807) is 43.7 Å². The SMILES string of the molecule is CNC(=O)c1c(-c2ccc(F)cc2)oc2cc(N(C)SC)c(-c3cnc(OC)c(-c4nc5ncccc5o4)c3)cc12. The van der Waals surface area contributed by atoms with Gasteiger partial charge in [0.15, 0.2) is 11.2 Å². The third-order valence-corrected chi connectivity index (χ3v) is 7.48. The summed E-state index contributed by atoms with van der Waals surface area (Å²) in [5, 5.41) is 3.30. The Balaban J connectivity index is 1.60. The van der Waals surface area contributed by atoms with E-state index in [2.05, 4.69) is 20.3 Å². The minimum Gasteiger partial charge on any atom is -0.480 e. The number of benzene rings is 2. The third-order valence-electron chi connectivity index (χ3n) is 6.73. The van der Waals surface area contributed by atoms with Crippen LogP contribution in [0.5, 0.6) is 5.88 Å². The summed E-state index contributed by atoms with van der Waals surface area (Å²) >= 11 is 1.51. The highest BCUT2D eigenvalue weighted by atomic mass is 32.2. The molecule has 0 saturated carbocycles. The molecule has 0 unspecified atom stereocenters. The molecule has 6 rings (SSSR count). The van der Waals surface area contributed by atoms with Crippen LogP contribution in [0.3, 0.4) is 0 Å². The number of aromatic nitrogens is 3. The van der Waals surface area contributed by atoms with Crippen LogP contribution in [0, 0.1) is 5.82 Å². The molecule has 4 aromatic heterocycles. The molecule has 2 aromatic carbocycles. The maximum atomic E-state index is 13.7. The molecule has 1 N–H and O–H groups in total.